The molecule has 0 aromatic rings. The van der Waals surface area contributed by atoms with Gasteiger partial charge in [0.25, 0.3) is 0 Å². The minimum Gasteiger partial charge on any atom is -0.307 e. The van der Waals surface area contributed by atoms with Gasteiger partial charge >= 0.3 is 0 Å². The van der Waals surface area contributed by atoms with Crippen molar-refractivity contribution in [2.75, 3.05) is 0 Å². The number of rotatable bonds is 4. The van der Waals surface area contributed by atoms with Crippen LogP contribution in [0.25, 0.3) is 0 Å². The van der Waals surface area contributed by atoms with Crippen molar-refractivity contribution in [1.82, 2.24) is 5.43 Å². The highest BCUT2D eigenvalue weighted by Gasteiger charge is 1.90. The fraction of sp³-hybridized carbons (Fsp3) is 0.625. The Balaban J connectivity index is 3.43. The topological polar surface area (TPSA) is 24.4 Å². The molecule has 0 heterocycles. The third-order valence-electron chi connectivity index (χ3n) is 1.19. The van der Waals surface area contributed by atoms with Crippen molar-refractivity contribution in [3.63, 3.8) is 0 Å². The minimum absolute atomic E-state index is 0.454. The van der Waals surface area contributed by atoms with Crippen molar-refractivity contribution in [2.24, 2.45) is 5.10 Å². The third-order valence-corrected chi connectivity index (χ3v) is 1.19. The first-order valence-electron chi connectivity index (χ1n) is 3.61. The molecule has 0 saturated carbocycles. The van der Waals surface area contributed by atoms with Gasteiger partial charge in [0.1, 0.15) is 0 Å². The predicted molar refractivity (Wildman–Crippen MR) is 46.2 cm³/mol. The quantitative estimate of drug-likeness (QED) is 0.468. The summed E-state index contributed by atoms with van der Waals surface area (Å²) in [5.74, 6) is 0. The first kappa shape index (κ1) is 9.21. The average molecular weight is 140 g/mol. The highest BCUT2D eigenvalue weighted by Crippen LogP contribution is 1.86. The van der Waals surface area contributed by atoms with Crippen molar-refractivity contribution in [2.45, 2.75) is 33.2 Å². The smallest absolute Gasteiger partial charge is 0.0491 e. The Morgan fingerprint density at radius 1 is 1.80 bits per heavy atom. The summed E-state index contributed by atoms with van der Waals surface area (Å²) >= 11 is 0. The Kier molecular flexibility index (Phi) is 4.63. The van der Waals surface area contributed by atoms with Crippen LogP contribution in [0.1, 0.15) is 27.2 Å². The van der Waals surface area contributed by atoms with Gasteiger partial charge in [-0.1, -0.05) is 13.5 Å². The molecule has 0 amide bonds. The Hall–Kier alpha value is -0.790. The summed E-state index contributed by atoms with van der Waals surface area (Å²) in [6.07, 6.45) is 2.82. The molecule has 58 valence electrons. The summed E-state index contributed by atoms with van der Waals surface area (Å²) in [4.78, 5) is 0. The van der Waals surface area contributed by atoms with Crippen LogP contribution in [0.15, 0.2) is 17.3 Å². The van der Waals surface area contributed by atoms with Crippen molar-refractivity contribution in [3.05, 3.63) is 12.2 Å². The van der Waals surface area contributed by atoms with E-state index in [2.05, 4.69) is 31.0 Å². The molecule has 1 atom stereocenters. The van der Waals surface area contributed by atoms with Crippen LogP contribution in [0.4, 0.5) is 0 Å². The first-order chi connectivity index (χ1) is 4.66. The Morgan fingerprint density at radius 3 is 2.80 bits per heavy atom. The molecular formula is C8H16N2. The number of nitrogens with one attached hydrogen (secondary N) is 1. The lowest BCUT2D eigenvalue weighted by atomic mass is 10.3. The van der Waals surface area contributed by atoms with E-state index < -0.39 is 0 Å². The van der Waals surface area contributed by atoms with E-state index in [1.54, 1.807) is 6.21 Å². The van der Waals surface area contributed by atoms with Crippen LogP contribution in [0.3, 0.4) is 0 Å². The fourth-order valence-corrected chi connectivity index (χ4v) is 0.366. The Morgan fingerprint density at radius 2 is 2.40 bits per heavy atom. The molecule has 2 nitrogen and oxygen atoms in total. The number of hydrazone groups is 1. The molecule has 1 N–H and O–H groups in total. The molecule has 2 heteroatoms. The van der Waals surface area contributed by atoms with Crippen molar-refractivity contribution < 1.29 is 0 Å². The second kappa shape index (κ2) is 5.03. The standard InChI is InChI=1S/C8H16N2/c1-5-8(4)10-9-6-7(2)3/h6,8,10H,2,5H2,1,3-4H3. The SMILES string of the molecule is C=C(C)C=NNC(C)CC. The molecule has 0 aliphatic carbocycles. The van der Waals surface area contributed by atoms with E-state index in [0.717, 1.165) is 12.0 Å². The van der Waals surface area contributed by atoms with Gasteiger partial charge in [-0.15, -0.1) is 0 Å². The van der Waals surface area contributed by atoms with Gasteiger partial charge in [-0.05, 0) is 25.8 Å². The van der Waals surface area contributed by atoms with Crippen LogP contribution in [0.2, 0.25) is 0 Å². The molecule has 10 heavy (non-hydrogen) atoms. The number of nitrogens with zero attached hydrogens (tertiary/aromatic N) is 1. The summed E-state index contributed by atoms with van der Waals surface area (Å²) < 4.78 is 0. The molecule has 0 rings (SSSR count). The molecule has 0 spiro atoms. The van der Waals surface area contributed by atoms with Gasteiger partial charge in [-0.3, -0.25) is 0 Å². The monoisotopic (exact) mass is 140 g/mol. The zero-order chi connectivity index (χ0) is 7.98. The molecule has 0 aliphatic rings. The number of allylic oxidation sites excluding steroid dienone is 1. The van der Waals surface area contributed by atoms with Crippen LogP contribution in [0.5, 0.6) is 0 Å². The van der Waals surface area contributed by atoms with Crippen molar-refractivity contribution in [1.29, 1.82) is 0 Å². The van der Waals surface area contributed by atoms with E-state index >= 15 is 0 Å². The van der Waals surface area contributed by atoms with Gasteiger partial charge in [0, 0.05) is 12.3 Å². The lowest BCUT2D eigenvalue weighted by Gasteiger charge is -2.05. The van der Waals surface area contributed by atoms with E-state index in [1.807, 2.05) is 6.92 Å². The highest BCUT2D eigenvalue weighted by molar-refractivity contribution is 5.76. The summed E-state index contributed by atoms with van der Waals surface area (Å²) in [5.41, 5.74) is 3.94. The fourth-order valence-electron chi connectivity index (χ4n) is 0.366. The summed E-state index contributed by atoms with van der Waals surface area (Å²) in [7, 11) is 0. The van der Waals surface area contributed by atoms with E-state index in [9.17, 15) is 0 Å². The van der Waals surface area contributed by atoms with Crippen LogP contribution in [-0.2, 0) is 0 Å². The second-order valence-electron chi connectivity index (χ2n) is 2.54. The molecule has 0 aliphatic heterocycles. The molecule has 0 saturated heterocycles. The third kappa shape index (κ3) is 5.35. The molecular weight excluding hydrogens is 124 g/mol. The predicted octanol–water partition coefficient (Wildman–Crippen LogP) is 1.94. The van der Waals surface area contributed by atoms with Gasteiger partial charge in [-0.25, -0.2) is 0 Å². The van der Waals surface area contributed by atoms with Gasteiger partial charge < -0.3 is 5.43 Å². The summed E-state index contributed by atoms with van der Waals surface area (Å²) in [5, 5.41) is 3.97. The maximum Gasteiger partial charge on any atom is 0.0491 e. The van der Waals surface area contributed by atoms with Gasteiger partial charge in [0.15, 0.2) is 0 Å². The van der Waals surface area contributed by atoms with Gasteiger partial charge in [0.05, 0.1) is 0 Å². The molecule has 1 unspecified atom stereocenters. The van der Waals surface area contributed by atoms with Gasteiger partial charge in [0.2, 0.25) is 0 Å². The van der Waals surface area contributed by atoms with E-state index in [-0.39, 0.29) is 0 Å². The van der Waals surface area contributed by atoms with Gasteiger partial charge in [-0.2, -0.15) is 5.10 Å². The van der Waals surface area contributed by atoms with Crippen LogP contribution in [-0.4, -0.2) is 12.3 Å². The van der Waals surface area contributed by atoms with E-state index in [0.29, 0.717) is 6.04 Å². The normalized spacial score (nSPS) is 13.5. The second-order valence-corrected chi connectivity index (χ2v) is 2.54. The van der Waals surface area contributed by atoms with Crippen LogP contribution >= 0.6 is 0 Å². The highest BCUT2D eigenvalue weighted by atomic mass is 15.3. The summed E-state index contributed by atoms with van der Waals surface area (Å²) in [6, 6.07) is 0.454. The molecule has 0 bridgehead atoms. The maximum absolute atomic E-state index is 3.97. The Labute approximate surface area is 63.0 Å². The zero-order valence-corrected chi connectivity index (χ0v) is 7.02. The average Bonchev–Trinajstić information content (AvgIpc) is 1.87. The maximum atomic E-state index is 3.97. The summed E-state index contributed by atoms with van der Waals surface area (Å²) in [6.45, 7) is 9.82. The lowest BCUT2D eigenvalue weighted by Crippen LogP contribution is -2.19. The lowest BCUT2D eigenvalue weighted by molar-refractivity contribution is 0.559. The molecule has 0 radical (unpaired) electrons. The van der Waals surface area contributed by atoms with Crippen LogP contribution < -0.4 is 5.43 Å². The van der Waals surface area contributed by atoms with Crippen LogP contribution in [0, 0.1) is 0 Å². The molecule has 0 fully saturated rings. The number of hydrogen-bond donors (Lipinski definition) is 1. The molecule has 0 aromatic carbocycles. The number of hydrogen-bond acceptors (Lipinski definition) is 2. The first-order valence-corrected chi connectivity index (χ1v) is 3.61. The Bertz CT molecular complexity index is 127. The van der Waals surface area contributed by atoms with E-state index in [4.69, 9.17) is 0 Å². The van der Waals surface area contributed by atoms with E-state index in [1.165, 1.54) is 0 Å². The van der Waals surface area contributed by atoms with Crippen molar-refractivity contribution in [3.8, 4) is 0 Å². The minimum atomic E-state index is 0.454. The molecule has 0 aromatic heterocycles. The van der Waals surface area contributed by atoms with Crippen molar-refractivity contribution >= 4 is 6.21 Å². The largest absolute Gasteiger partial charge is 0.307 e. The zero-order valence-electron chi connectivity index (χ0n) is 7.02.